The first-order chi connectivity index (χ1) is 7.69. The highest BCUT2D eigenvalue weighted by molar-refractivity contribution is 6.32. The van der Waals surface area contributed by atoms with E-state index in [1.165, 1.54) is 0 Å². The lowest BCUT2D eigenvalue weighted by Crippen LogP contribution is -2.23. The molecule has 1 aliphatic heterocycles. The zero-order chi connectivity index (χ0) is 11.5. The maximum atomic E-state index is 8.77. The molecule has 0 aromatic heterocycles. The molecule has 0 radical (unpaired) electrons. The molecule has 0 saturated carbocycles. The van der Waals surface area contributed by atoms with E-state index in [1.54, 1.807) is 6.07 Å². The number of anilines is 1. The molecule has 1 aromatic rings. The Bertz CT molecular complexity index is 425. The fourth-order valence-corrected chi connectivity index (χ4v) is 2.21. The summed E-state index contributed by atoms with van der Waals surface area (Å²) < 4.78 is 0. The summed E-state index contributed by atoms with van der Waals surface area (Å²) in [4.78, 5) is 2.29. The monoisotopic (exact) mass is 235 g/mol. The number of hydrogen-bond acceptors (Lipinski definition) is 3. The molecule has 1 aromatic carbocycles. The summed E-state index contributed by atoms with van der Waals surface area (Å²) in [6.07, 6.45) is 1.15. The number of nitrogens with one attached hydrogen (secondary N) is 1. The van der Waals surface area contributed by atoms with Gasteiger partial charge in [0, 0.05) is 18.3 Å². The van der Waals surface area contributed by atoms with E-state index in [9.17, 15) is 0 Å². The number of likely N-dealkylation sites (tertiary alicyclic amines) is 1. The molecule has 1 saturated heterocycles. The van der Waals surface area contributed by atoms with Crippen molar-refractivity contribution in [1.82, 2.24) is 4.90 Å². The molecule has 4 heteroatoms. The minimum atomic E-state index is 0.481. The third-order valence-corrected chi connectivity index (χ3v) is 3.16. The Hall–Kier alpha value is -1.24. The molecule has 1 unspecified atom stereocenters. The second-order valence-electron chi connectivity index (χ2n) is 4.20. The van der Waals surface area contributed by atoms with Crippen molar-refractivity contribution >= 4 is 17.3 Å². The second-order valence-corrected chi connectivity index (χ2v) is 4.61. The molecule has 1 fully saturated rings. The zero-order valence-electron chi connectivity index (χ0n) is 9.20. The topological polar surface area (TPSA) is 39.1 Å². The zero-order valence-corrected chi connectivity index (χ0v) is 9.96. The van der Waals surface area contributed by atoms with Crippen LogP contribution in [0.25, 0.3) is 0 Å². The van der Waals surface area contributed by atoms with E-state index in [2.05, 4.69) is 23.3 Å². The number of hydrogen-bond donors (Lipinski definition) is 1. The van der Waals surface area contributed by atoms with E-state index in [0.717, 1.165) is 25.2 Å². The molecule has 0 spiro atoms. The summed E-state index contributed by atoms with van der Waals surface area (Å²) in [5, 5.41) is 12.7. The molecular weight excluding hydrogens is 222 g/mol. The summed E-state index contributed by atoms with van der Waals surface area (Å²) in [6.45, 7) is 2.18. The van der Waals surface area contributed by atoms with Crippen LogP contribution in [-0.2, 0) is 0 Å². The number of nitriles is 1. The molecule has 1 N–H and O–H groups in total. The van der Waals surface area contributed by atoms with Crippen LogP contribution in [-0.4, -0.2) is 31.1 Å². The molecule has 0 aliphatic carbocycles. The second kappa shape index (κ2) is 4.73. The van der Waals surface area contributed by atoms with E-state index in [-0.39, 0.29) is 0 Å². The van der Waals surface area contributed by atoms with Gasteiger partial charge in [0.05, 0.1) is 10.6 Å². The first kappa shape index (κ1) is 11.3. The Balaban J connectivity index is 2.05. The highest BCUT2D eigenvalue weighted by atomic mass is 35.5. The fourth-order valence-electron chi connectivity index (χ4n) is 1.98. The summed E-state index contributed by atoms with van der Waals surface area (Å²) in [5.74, 6) is 0. The van der Waals surface area contributed by atoms with Crippen LogP contribution in [0.1, 0.15) is 12.0 Å². The van der Waals surface area contributed by atoms with Crippen molar-refractivity contribution in [3.05, 3.63) is 28.8 Å². The molecule has 84 valence electrons. The molecule has 1 aliphatic rings. The Morgan fingerprint density at radius 2 is 2.38 bits per heavy atom. The lowest BCUT2D eigenvalue weighted by Gasteiger charge is -2.14. The van der Waals surface area contributed by atoms with E-state index >= 15 is 0 Å². The van der Waals surface area contributed by atoms with Gasteiger partial charge in [-0.15, -0.1) is 0 Å². The average Bonchev–Trinajstić information content (AvgIpc) is 2.64. The van der Waals surface area contributed by atoms with Gasteiger partial charge >= 0.3 is 0 Å². The van der Waals surface area contributed by atoms with Crippen molar-refractivity contribution in [3.63, 3.8) is 0 Å². The maximum absolute atomic E-state index is 8.77. The Labute approximate surface area is 101 Å². The van der Waals surface area contributed by atoms with Crippen LogP contribution in [0.5, 0.6) is 0 Å². The number of rotatable bonds is 2. The summed E-state index contributed by atoms with van der Waals surface area (Å²) in [6, 6.07) is 8.01. The summed E-state index contributed by atoms with van der Waals surface area (Å²) in [5.41, 5.74) is 1.51. The van der Waals surface area contributed by atoms with Crippen molar-refractivity contribution in [2.45, 2.75) is 12.5 Å². The number of likely N-dealkylation sites (N-methyl/N-ethyl adjacent to an activating group) is 1. The van der Waals surface area contributed by atoms with Crippen molar-refractivity contribution in [1.29, 1.82) is 5.26 Å². The van der Waals surface area contributed by atoms with Gasteiger partial charge in [0.25, 0.3) is 0 Å². The Morgan fingerprint density at radius 3 is 2.94 bits per heavy atom. The minimum Gasteiger partial charge on any atom is -0.381 e. The Morgan fingerprint density at radius 1 is 1.56 bits per heavy atom. The molecular formula is C12H14ClN3. The number of halogens is 1. The van der Waals surface area contributed by atoms with Crippen LogP contribution in [0.2, 0.25) is 5.02 Å². The minimum absolute atomic E-state index is 0.481. The van der Waals surface area contributed by atoms with Gasteiger partial charge in [-0.25, -0.2) is 0 Å². The van der Waals surface area contributed by atoms with E-state index in [1.807, 2.05) is 12.1 Å². The molecule has 1 atom stereocenters. The quantitative estimate of drug-likeness (QED) is 0.855. The third kappa shape index (κ3) is 2.46. The SMILES string of the molecule is CN1CCC(Nc2ccc(C#N)c(Cl)c2)C1. The van der Waals surface area contributed by atoms with E-state index in [0.29, 0.717) is 16.6 Å². The van der Waals surface area contributed by atoms with Gasteiger partial charge in [-0.2, -0.15) is 5.26 Å². The van der Waals surface area contributed by atoms with E-state index < -0.39 is 0 Å². The van der Waals surface area contributed by atoms with Gasteiger partial charge in [0.1, 0.15) is 6.07 Å². The first-order valence-corrected chi connectivity index (χ1v) is 5.71. The molecule has 0 amide bonds. The largest absolute Gasteiger partial charge is 0.381 e. The fraction of sp³-hybridized carbons (Fsp3) is 0.417. The molecule has 0 bridgehead atoms. The van der Waals surface area contributed by atoms with Gasteiger partial charge in [-0.05, 0) is 38.2 Å². The highest BCUT2D eigenvalue weighted by Gasteiger charge is 2.18. The predicted molar refractivity (Wildman–Crippen MR) is 65.7 cm³/mol. The van der Waals surface area contributed by atoms with Crippen molar-refractivity contribution < 1.29 is 0 Å². The van der Waals surface area contributed by atoms with Crippen LogP contribution >= 0.6 is 11.6 Å². The van der Waals surface area contributed by atoms with Crippen molar-refractivity contribution in [2.75, 3.05) is 25.5 Å². The molecule has 3 nitrogen and oxygen atoms in total. The average molecular weight is 236 g/mol. The lowest BCUT2D eigenvalue weighted by atomic mass is 10.2. The first-order valence-electron chi connectivity index (χ1n) is 5.34. The van der Waals surface area contributed by atoms with Crippen molar-refractivity contribution in [2.24, 2.45) is 0 Å². The van der Waals surface area contributed by atoms with Crippen LogP contribution < -0.4 is 5.32 Å². The molecule has 1 heterocycles. The third-order valence-electron chi connectivity index (χ3n) is 2.85. The van der Waals surface area contributed by atoms with Gasteiger partial charge in [0.15, 0.2) is 0 Å². The molecule has 2 rings (SSSR count). The normalized spacial score (nSPS) is 20.7. The van der Waals surface area contributed by atoms with Crippen LogP contribution in [0.4, 0.5) is 5.69 Å². The number of nitrogens with zero attached hydrogens (tertiary/aromatic N) is 2. The van der Waals surface area contributed by atoms with Gasteiger partial charge < -0.3 is 10.2 Å². The smallest absolute Gasteiger partial charge is 0.101 e. The lowest BCUT2D eigenvalue weighted by molar-refractivity contribution is 0.414. The van der Waals surface area contributed by atoms with Crippen LogP contribution in [0.3, 0.4) is 0 Å². The van der Waals surface area contributed by atoms with E-state index in [4.69, 9.17) is 16.9 Å². The predicted octanol–water partition coefficient (Wildman–Crippen LogP) is 2.33. The van der Waals surface area contributed by atoms with Crippen LogP contribution in [0.15, 0.2) is 18.2 Å². The maximum Gasteiger partial charge on any atom is 0.101 e. The van der Waals surface area contributed by atoms with Gasteiger partial charge in [-0.3, -0.25) is 0 Å². The summed E-state index contributed by atoms with van der Waals surface area (Å²) in [7, 11) is 2.12. The standard InChI is InChI=1S/C12H14ClN3/c1-16-5-4-11(8-16)15-10-3-2-9(7-14)12(13)6-10/h2-3,6,11,15H,4-5,8H2,1H3. The van der Waals surface area contributed by atoms with Crippen LogP contribution in [0, 0.1) is 11.3 Å². The van der Waals surface area contributed by atoms with Crippen molar-refractivity contribution in [3.8, 4) is 6.07 Å². The highest BCUT2D eigenvalue weighted by Crippen LogP contribution is 2.22. The molecule has 16 heavy (non-hydrogen) atoms. The number of benzene rings is 1. The Kier molecular flexibility index (Phi) is 3.33. The van der Waals surface area contributed by atoms with Gasteiger partial charge in [0.2, 0.25) is 0 Å². The summed E-state index contributed by atoms with van der Waals surface area (Å²) >= 11 is 5.97. The van der Waals surface area contributed by atoms with Gasteiger partial charge in [-0.1, -0.05) is 11.6 Å².